The van der Waals surface area contributed by atoms with Crippen molar-refractivity contribution >= 4 is 17.5 Å². The average molecular weight is 291 g/mol. The van der Waals surface area contributed by atoms with Crippen LogP contribution in [0.5, 0.6) is 0 Å². The fourth-order valence-corrected chi connectivity index (χ4v) is 2.12. The van der Waals surface area contributed by atoms with E-state index in [1.54, 1.807) is 25.1 Å². The van der Waals surface area contributed by atoms with Crippen molar-refractivity contribution in [1.29, 1.82) is 0 Å². The molecule has 1 aliphatic rings. The Morgan fingerprint density at radius 3 is 2.95 bits per heavy atom. The number of amides is 2. The Labute approximate surface area is 122 Å². The minimum absolute atomic E-state index is 0.0969. The molecule has 1 unspecified atom stereocenters. The van der Waals surface area contributed by atoms with Gasteiger partial charge in [0.25, 0.3) is 5.91 Å². The van der Waals surface area contributed by atoms with Gasteiger partial charge in [0.05, 0.1) is 12.5 Å². The summed E-state index contributed by atoms with van der Waals surface area (Å²) < 4.78 is 14.2. The van der Waals surface area contributed by atoms with Gasteiger partial charge >= 0.3 is 0 Å². The molecule has 0 saturated carbocycles. The second-order valence-corrected chi connectivity index (χ2v) is 5.30. The first-order valence-corrected chi connectivity index (χ1v) is 6.65. The molecule has 112 valence electrons. The van der Waals surface area contributed by atoms with E-state index in [9.17, 15) is 14.0 Å². The highest BCUT2D eigenvalue weighted by Crippen LogP contribution is 2.24. The SMILES string of the molecule is C[C@H](NC(=O)c1ccc2c(c1)CC(=O)N2)C(C)(F)/C=C/N. The molecule has 1 heterocycles. The van der Waals surface area contributed by atoms with E-state index in [0.29, 0.717) is 11.3 Å². The third-order valence-corrected chi connectivity index (χ3v) is 3.61. The summed E-state index contributed by atoms with van der Waals surface area (Å²) in [7, 11) is 0. The van der Waals surface area contributed by atoms with Crippen LogP contribution in [0.3, 0.4) is 0 Å². The number of halogens is 1. The minimum atomic E-state index is -1.74. The highest BCUT2D eigenvalue weighted by Gasteiger charge is 2.29. The van der Waals surface area contributed by atoms with E-state index in [1.807, 2.05) is 0 Å². The van der Waals surface area contributed by atoms with Crippen LogP contribution in [0.25, 0.3) is 0 Å². The normalized spacial score (nSPS) is 18.0. The van der Waals surface area contributed by atoms with Gasteiger partial charge in [-0.1, -0.05) is 0 Å². The van der Waals surface area contributed by atoms with Gasteiger partial charge in [-0.3, -0.25) is 9.59 Å². The molecular weight excluding hydrogens is 273 g/mol. The van der Waals surface area contributed by atoms with E-state index in [2.05, 4.69) is 10.6 Å². The quantitative estimate of drug-likeness (QED) is 0.786. The minimum Gasteiger partial charge on any atom is -0.405 e. The molecule has 21 heavy (non-hydrogen) atoms. The van der Waals surface area contributed by atoms with E-state index >= 15 is 0 Å². The molecule has 6 heteroatoms. The Morgan fingerprint density at radius 2 is 2.29 bits per heavy atom. The number of alkyl halides is 1. The Bertz CT molecular complexity index is 611. The van der Waals surface area contributed by atoms with Gasteiger partial charge in [0.1, 0.15) is 5.67 Å². The number of nitrogens with one attached hydrogen (secondary N) is 2. The van der Waals surface area contributed by atoms with E-state index < -0.39 is 11.7 Å². The number of benzene rings is 1. The number of fused-ring (bicyclic) bond motifs is 1. The van der Waals surface area contributed by atoms with Crippen LogP contribution in [0.1, 0.15) is 29.8 Å². The molecule has 2 rings (SSSR count). The average Bonchev–Trinajstić information content (AvgIpc) is 2.77. The zero-order chi connectivity index (χ0) is 15.6. The second kappa shape index (κ2) is 5.55. The van der Waals surface area contributed by atoms with Crippen LogP contribution in [0, 0.1) is 0 Å². The number of hydrogen-bond donors (Lipinski definition) is 3. The summed E-state index contributed by atoms with van der Waals surface area (Å²) in [5, 5.41) is 5.29. The predicted octanol–water partition coefficient (Wildman–Crippen LogP) is 1.50. The molecule has 1 aromatic carbocycles. The maximum Gasteiger partial charge on any atom is 0.251 e. The molecule has 0 bridgehead atoms. The number of carbonyl (C=O) groups is 2. The highest BCUT2D eigenvalue weighted by molar-refractivity contribution is 6.01. The lowest BCUT2D eigenvalue weighted by Gasteiger charge is -2.25. The first kappa shape index (κ1) is 15.0. The molecule has 0 radical (unpaired) electrons. The van der Waals surface area contributed by atoms with Crippen molar-refractivity contribution in [2.45, 2.75) is 32.0 Å². The summed E-state index contributed by atoms with van der Waals surface area (Å²) >= 11 is 0. The Hall–Kier alpha value is -2.37. The lowest BCUT2D eigenvalue weighted by Crippen LogP contribution is -2.45. The van der Waals surface area contributed by atoms with Crippen molar-refractivity contribution in [3.05, 3.63) is 41.6 Å². The third-order valence-electron chi connectivity index (χ3n) is 3.61. The standard InChI is InChI=1S/C15H18FN3O2/c1-9(15(2,16)5-6-17)18-14(21)10-3-4-12-11(7-10)8-13(20)19-12/h3-7,9H,8,17H2,1-2H3,(H,18,21)(H,19,20)/b6-5+/t9-,15?/m0/s1. The highest BCUT2D eigenvalue weighted by atomic mass is 19.1. The summed E-state index contributed by atoms with van der Waals surface area (Å²) in [4.78, 5) is 23.4. The van der Waals surface area contributed by atoms with Crippen molar-refractivity contribution in [3.63, 3.8) is 0 Å². The van der Waals surface area contributed by atoms with Gasteiger partial charge in [0, 0.05) is 11.3 Å². The molecule has 0 spiro atoms. The molecular formula is C15H18FN3O2. The zero-order valence-corrected chi connectivity index (χ0v) is 11.9. The van der Waals surface area contributed by atoms with Crippen molar-refractivity contribution in [1.82, 2.24) is 5.32 Å². The van der Waals surface area contributed by atoms with E-state index in [0.717, 1.165) is 11.8 Å². The smallest absolute Gasteiger partial charge is 0.251 e. The Kier molecular flexibility index (Phi) is 3.97. The molecule has 2 atom stereocenters. The van der Waals surface area contributed by atoms with Gasteiger partial charge in [-0.2, -0.15) is 0 Å². The van der Waals surface area contributed by atoms with Gasteiger partial charge in [-0.25, -0.2) is 4.39 Å². The molecule has 1 aromatic rings. The Balaban J connectivity index is 2.11. The monoisotopic (exact) mass is 291 g/mol. The number of rotatable bonds is 4. The molecule has 2 amide bonds. The molecule has 0 aliphatic carbocycles. The number of carbonyl (C=O) groups excluding carboxylic acids is 2. The maximum atomic E-state index is 14.2. The number of hydrogen-bond acceptors (Lipinski definition) is 3. The molecule has 0 fully saturated rings. The second-order valence-electron chi connectivity index (χ2n) is 5.30. The molecule has 5 nitrogen and oxygen atoms in total. The summed E-state index contributed by atoms with van der Waals surface area (Å²) in [5.41, 5.74) is 5.34. The molecule has 0 aromatic heterocycles. The zero-order valence-electron chi connectivity index (χ0n) is 11.9. The Morgan fingerprint density at radius 1 is 1.57 bits per heavy atom. The van der Waals surface area contributed by atoms with Crippen LogP contribution >= 0.6 is 0 Å². The number of anilines is 1. The van der Waals surface area contributed by atoms with Crippen LogP contribution < -0.4 is 16.4 Å². The van der Waals surface area contributed by atoms with E-state index in [-0.39, 0.29) is 18.2 Å². The predicted molar refractivity (Wildman–Crippen MR) is 78.5 cm³/mol. The lowest BCUT2D eigenvalue weighted by molar-refractivity contribution is -0.115. The van der Waals surface area contributed by atoms with Crippen LogP contribution in [0.15, 0.2) is 30.5 Å². The summed E-state index contributed by atoms with van der Waals surface area (Å²) in [6.07, 6.45) is 2.57. The summed E-state index contributed by atoms with van der Waals surface area (Å²) in [5.74, 6) is -0.487. The molecule has 1 aliphatic heterocycles. The summed E-state index contributed by atoms with van der Waals surface area (Å²) in [6.45, 7) is 2.91. The van der Waals surface area contributed by atoms with E-state index in [1.165, 1.54) is 13.0 Å². The van der Waals surface area contributed by atoms with Crippen LogP contribution in [-0.2, 0) is 11.2 Å². The van der Waals surface area contributed by atoms with Crippen LogP contribution in [0.4, 0.5) is 10.1 Å². The van der Waals surface area contributed by atoms with Gasteiger partial charge in [-0.15, -0.1) is 0 Å². The fraction of sp³-hybridized carbons (Fsp3) is 0.333. The van der Waals surface area contributed by atoms with Gasteiger partial charge in [-0.05, 0) is 49.9 Å². The van der Waals surface area contributed by atoms with Gasteiger partial charge in [0.2, 0.25) is 5.91 Å². The van der Waals surface area contributed by atoms with E-state index in [4.69, 9.17) is 5.73 Å². The first-order chi connectivity index (χ1) is 9.83. The van der Waals surface area contributed by atoms with Crippen LogP contribution in [-0.4, -0.2) is 23.5 Å². The first-order valence-electron chi connectivity index (χ1n) is 6.65. The molecule has 0 saturated heterocycles. The topological polar surface area (TPSA) is 84.2 Å². The van der Waals surface area contributed by atoms with Crippen molar-refractivity contribution in [2.24, 2.45) is 5.73 Å². The number of nitrogens with two attached hydrogens (primary N) is 1. The lowest BCUT2D eigenvalue weighted by atomic mass is 9.99. The van der Waals surface area contributed by atoms with Crippen LogP contribution in [0.2, 0.25) is 0 Å². The van der Waals surface area contributed by atoms with Gasteiger partial charge in [0.15, 0.2) is 0 Å². The largest absolute Gasteiger partial charge is 0.405 e. The van der Waals surface area contributed by atoms with Gasteiger partial charge < -0.3 is 16.4 Å². The fourth-order valence-electron chi connectivity index (χ4n) is 2.12. The van der Waals surface area contributed by atoms with Crippen molar-refractivity contribution in [2.75, 3.05) is 5.32 Å². The maximum absolute atomic E-state index is 14.2. The molecule has 4 N–H and O–H groups in total. The summed E-state index contributed by atoms with van der Waals surface area (Å²) in [6, 6.07) is 4.18. The van der Waals surface area contributed by atoms with Crippen molar-refractivity contribution < 1.29 is 14.0 Å². The van der Waals surface area contributed by atoms with Crippen molar-refractivity contribution in [3.8, 4) is 0 Å². The third kappa shape index (κ3) is 3.21.